The topological polar surface area (TPSA) is 45.7 Å². The molecule has 4 aliphatic rings. The van der Waals surface area contributed by atoms with Crippen LogP contribution >= 0.6 is 24.0 Å². The van der Waals surface area contributed by atoms with Crippen molar-refractivity contribution in [3.8, 4) is 0 Å². The zero-order valence-electron chi connectivity index (χ0n) is 13.6. The van der Waals surface area contributed by atoms with Crippen molar-refractivity contribution in [3.63, 3.8) is 0 Å². The van der Waals surface area contributed by atoms with Crippen LogP contribution in [0.4, 0.5) is 0 Å². The molecule has 2 saturated heterocycles. The Morgan fingerprint density at radius 2 is 2.05 bits per heavy atom. The van der Waals surface area contributed by atoms with Crippen LogP contribution in [0.15, 0.2) is 4.99 Å². The van der Waals surface area contributed by atoms with Crippen LogP contribution in [0, 0.1) is 17.8 Å². The van der Waals surface area contributed by atoms with Gasteiger partial charge >= 0.3 is 0 Å². The normalized spacial score (nSPS) is 42.5. The molecule has 4 rings (SSSR count). The van der Waals surface area contributed by atoms with E-state index in [1.54, 1.807) is 0 Å². The summed E-state index contributed by atoms with van der Waals surface area (Å²) in [6, 6.07) is 0.470. The molecule has 6 atom stereocenters. The van der Waals surface area contributed by atoms with Gasteiger partial charge in [-0.3, -0.25) is 4.99 Å². The molecule has 2 aliphatic heterocycles. The number of ether oxygens (including phenoxy) is 1. The summed E-state index contributed by atoms with van der Waals surface area (Å²) in [5.74, 6) is 4.04. The van der Waals surface area contributed by atoms with Crippen LogP contribution in [-0.4, -0.2) is 37.8 Å². The second kappa shape index (κ2) is 7.24. The Morgan fingerprint density at radius 1 is 1.14 bits per heavy atom. The minimum atomic E-state index is 0. The molecule has 0 radical (unpaired) electrons. The minimum Gasteiger partial charge on any atom is -0.373 e. The first-order chi connectivity index (χ1) is 10.3. The van der Waals surface area contributed by atoms with Crippen molar-refractivity contribution < 1.29 is 4.74 Å². The van der Waals surface area contributed by atoms with Gasteiger partial charge in [0.15, 0.2) is 5.96 Å². The lowest BCUT2D eigenvalue weighted by Gasteiger charge is -2.24. The van der Waals surface area contributed by atoms with Gasteiger partial charge in [-0.25, -0.2) is 0 Å². The molecule has 0 aromatic rings. The van der Waals surface area contributed by atoms with E-state index in [0.29, 0.717) is 18.2 Å². The van der Waals surface area contributed by atoms with Gasteiger partial charge < -0.3 is 15.4 Å². The summed E-state index contributed by atoms with van der Waals surface area (Å²) in [5, 5.41) is 7.10. The maximum Gasteiger partial charge on any atom is 0.191 e. The molecule has 4 fully saturated rings. The highest BCUT2D eigenvalue weighted by Crippen LogP contribution is 2.49. The highest BCUT2D eigenvalue weighted by Gasteiger charge is 2.41. The number of rotatable bonds is 4. The van der Waals surface area contributed by atoms with Gasteiger partial charge in [0.1, 0.15) is 0 Å². The maximum absolute atomic E-state index is 5.90. The third-order valence-corrected chi connectivity index (χ3v) is 6.34. The number of guanidine groups is 1. The smallest absolute Gasteiger partial charge is 0.191 e. The first-order valence-electron chi connectivity index (χ1n) is 8.94. The average Bonchev–Trinajstić information content (AvgIpc) is 3.26. The van der Waals surface area contributed by atoms with Gasteiger partial charge in [0.25, 0.3) is 0 Å². The number of aliphatic imine (C=N–C) groups is 1. The minimum absolute atomic E-state index is 0. The van der Waals surface area contributed by atoms with E-state index in [4.69, 9.17) is 4.74 Å². The Labute approximate surface area is 151 Å². The lowest BCUT2D eigenvalue weighted by Crippen LogP contribution is -2.47. The zero-order valence-corrected chi connectivity index (χ0v) is 15.9. The van der Waals surface area contributed by atoms with E-state index in [1.807, 2.05) is 7.05 Å². The van der Waals surface area contributed by atoms with Crippen LogP contribution in [0.25, 0.3) is 0 Å². The van der Waals surface area contributed by atoms with Crippen molar-refractivity contribution in [2.75, 3.05) is 13.6 Å². The average molecular weight is 419 g/mol. The van der Waals surface area contributed by atoms with Crippen LogP contribution in [0.3, 0.4) is 0 Å². The van der Waals surface area contributed by atoms with Gasteiger partial charge in [0.2, 0.25) is 0 Å². The number of hydrogen-bond donors (Lipinski definition) is 2. The Hall–Kier alpha value is -0.0400. The van der Waals surface area contributed by atoms with E-state index in [2.05, 4.69) is 15.6 Å². The summed E-state index contributed by atoms with van der Waals surface area (Å²) in [7, 11) is 1.88. The Kier molecular flexibility index (Phi) is 5.53. The molecule has 6 unspecified atom stereocenters. The van der Waals surface area contributed by atoms with Crippen molar-refractivity contribution in [2.24, 2.45) is 22.7 Å². The zero-order chi connectivity index (χ0) is 14.2. The standard InChI is InChI=1S/C17H29N3O.HI/c1-18-17(20-15-10-14-4-5-16(15)21-14)19-7-6-13-9-11-2-3-12(13)8-11;/h11-16H,2-10H2,1H3,(H2,18,19,20);1H. The van der Waals surface area contributed by atoms with Crippen molar-refractivity contribution in [3.05, 3.63) is 0 Å². The SMILES string of the molecule is CN=C(NCCC1CC2CCC1C2)NC1CC2CCC1O2.I. The number of fused-ring (bicyclic) bond motifs is 4. The first kappa shape index (κ1) is 16.8. The molecule has 0 aromatic heterocycles. The Balaban J connectivity index is 0.00000144. The Bertz CT molecular complexity index is 417. The predicted octanol–water partition coefficient (Wildman–Crippen LogP) is 2.92. The fourth-order valence-electron chi connectivity index (χ4n) is 5.27. The molecule has 4 bridgehead atoms. The third-order valence-electron chi connectivity index (χ3n) is 6.34. The molecule has 2 heterocycles. The molecule has 0 amide bonds. The summed E-state index contributed by atoms with van der Waals surface area (Å²) in [4.78, 5) is 4.39. The maximum atomic E-state index is 5.90. The molecule has 126 valence electrons. The predicted molar refractivity (Wildman–Crippen MR) is 99.8 cm³/mol. The molecule has 2 saturated carbocycles. The van der Waals surface area contributed by atoms with E-state index in [1.165, 1.54) is 44.9 Å². The lowest BCUT2D eigenvalue weighted by molar-refractivity contribution is 0.0992. The van der Waals surface area contributed by atoms with Gasteiger partial charge in [0, 0.05) is 13.6 Å². The highest BCUT2D eigenvalue weighted by molar-refractivity contribution is 14.0. The second-order valence-electron chi connectivity index (χ2n) is 7.58. The molecule has 4 nitrogen and oxygen atoms in total. The van der Waals surface area contributed by atoms with Crippen molar-refractivity contribution in [1.82, 2.24) is 10.6 Å². The quantitative estimate of drug-likeness (QED) is 0.419. The fraction of sp³-hybridized carbons (Fsp3) is 0.941. The van der Waals surface area contributed by atoms with Crippen LogP contribution in [-0.2, 0) is 4.74 Å². The fourth-order valence-corrected chi connectivity index (χ4v) is 5.27. The van der Waals surface area contributed by atoms with Crippen molar-refractivity contribution in [1.29, 1.82) is 0 Å². The largest absolute Gasteiger partial charge is 0.373 e. The summed E-state index contributed by atoms with van der Waals surface area (Å²) in [6.07, 6.45) is 11.8. The number of halogens is 1. The first-order valence-corrected chi connectivity index (χ1v) is 8.94. The second-order valence-corrected chi connectivity index (χ2v) is 7.58. The summed E-state index contributed by atoms with van der Waals surface area (Å²) in [6.45, 7) is 1.06. The number of hydrogen-bond acceptors (Lipinski definition) is 2. The third kappa shape index (κ3) is 3.40. The van der Waals surface area contributed by atoms with Crippen LogP contribution < -0.4 is 10.6 Å². The summed E-state index contributed by atoms with van der Waals surface area (Å²) in [5.41, 5.74) is 0. The molecular formula is C17H30IN3O. The van der Waals surface area contributed by atoms with Crippen molar-refractivity contribution >= 4 is 29.9 Å². The summed E-state index contributed by atoms with van der Waals surface area (Å²) >= 11 is 0. The van der Waals surface area contributed by atoms with Gasteiger partial charge in [0.05, 0.1) is 18.2 Å². The van der Waals surface area contributed by atoms with Crippen molar-refractivity contribution in [2.45, 2.75) is 69.6 Å². The molecule has 0 aromatic carbocycles. The summed E-state index contributed by atoms with van der Waals surface area (Å²) < 4.78 is 5.90. The number of nitrogens with zero attached hydrogens (tertiary/aromatic N) is 1. The molecule has 22 heavy (non-hydrogen) atoms. The van der Waals surface area contributed by atoms with E-state index in [9.17, 15) is 0 Å². The number of nitrogens with one attached hydrogen (secondary N) is 2. The molecule has 2 aliphatic carbocycles. The van der Waals surface area contributed by atoms with Gasteiger partial charge in [-0.15, -0.1) is 24.0 Å². The van der Waals surface area contributed by atoms with E-state index < -0.39 is 0 Å². The van der Waals surface area contributed by atoms with E-state index in [0.717, 1.165) is 36.7 Å². The molecule has 0 spiro atoms. The highest BCUT2D eigenvalue weighted by atomic mass is 127. The molecular weight excluding hydrogens is 389 g/mol. The van der Waals surface area contributed by atoms with Crippen LogP contribution in [0.5, 0.6) is 0 Å². The van der Waals surface area contributed by atoms with E-state index in [-0.39, 0.29) is 24.0 Å². The monoisotopic (exact) mass is 419 g/mol. The van der Waals surface area contributed by atoms with E-state index >= 15 is 0 Å². The van der Waals surface area contributed by atoms with Gasteiger partial charge in [-0.05, 0) is 62.7 Å². The molecule has 5 heteroatoms. The van der Waals surface area contributed by atoms with Crippen LogP contribution in [0.2, 0.25) is 0 Å². The Morgan fingerprint density at radius 3 is 2.64 bits per heavy atom. The van der Waals surface area contributed by atoms with Crippen LogP contribution in [0.1, 0.15) is 51.4 Å². The molecule has 2 N–H and O–H groups in total. The van der Waals surface area contributed by atoms with Gasteiger partial charge in [-0.2, -0.15) is 0 Å². The van der Waals surface area contributed by atoms with Gasteiger partial charge in [-0.1, -0.05) is 6.42 Å². The lowest BCUT2D eigenvalue weighted by atomic mass is 9.86.